The summed E-state index contributed by atoms with van der Waals surface area (Å²) in [5, 5.41) is 14.1. The first-order chi connectivity index (χ1) is 12.7. The summed E-state index contributed by atoms with van der Waals surface area (Å²) in [6.07, 6.45) is 1.99. The lowest BCUT2D eigenvalue weighted by molar-refractivity contribution is -1.92. The number of allylic oxidation sites excluding steroid dienone is 1. The minimum atomic E-state index is -4.69. The van der Waals surface area contributed by atoms with Gasteiger partial charge in [-0.1, -0.05) is 30.3 Å². The third-order valence-electron chi connectivity index (χ3n) is 3.45. The Hall–Kier alpha value is -2.82. The van der Waals surface area contributed by atoms with Gasteiger partial charge in [-0.2, -0.15) is 14.0 Å². The highest BCUT2D eigenvalue weighted by Crippen LogP contribution is 2.19. The van der Waals surface area contributed by atoms with Gasteiger partial charge < -0.3 is 5.32 Å². The van der Waals surface area contributed by atoms with E-state index in [1.54, 1.807) is 12.1 Å². The van der Waals surface area contributed by atoms with E-state index in [1.807, 2.05) is 36.4 Å². The van der Waals surface area contributed by atoms with Crippen molar-refractivity contribution in [1.29, 1.82) is 0 Å². The molecule has 0 spiro atoms. The van der Waals surface area contributed by atoms with Gasteiger partial charge in [0, 0.05) is 24.4 Å². The molecule has 1 heterocycles. The molecule has 9 nitrogen and oxygen atoms in total. The van der Waals surface area contributed by atoms with Crippen LogP contribution in [0.4, 0.5) is 5.69 Å². The van der Waals surface area contributed by atoms with Gasteiger partial charge in [0.15, 0.2) is 0 Å². The van der Waals surface area contributed by atoms with Crippen LogP contribution in [0.3, 0.4) is 0 Å². The Labute approximate surface area is 156 Å². The van der Waals surface area contributed by atoms with Gasteiger partial charge in [0.2, 0.25) is 0 Å². The maximum atomic E-state index is 10.7. The van der Waals surface area contributed by atoms with Crippen molar-refractivity contribution in [2.24, 2.45) is 4.99 Å². The molecule has 2 aromatic carbocycles. The van der Waals surface area contributed by atoms with Crippen LogP contribution in [0, 0.1) is 20.4 Å². The third kappa shape index (κ3) is 7.13. The van der Waals surface area contributed by atoms with Gasteiger partial charge in [0.25, 0.3) is 5.69 Å². The minimum Gasteiger partial charge on any atom is -0.383 e. The molecule has 10 heteroatoms. The van der Waals surface area contributed by atoms with E-state index in [1.165, 1.54) is 12.1 Å². The number of hydrogen-bond donors (Lipinski definition) is 2. The van der Waals surface area contributed by atoms with Gasteiger partial charge in [-0.3, -0.25) is 15.1 Å². The fraction of sp³-hybridized carbons (Fsp3) is 0.118. The molecule has 142 valence electrons. The van der Waals surface area contributed by atoms with E-state index in [-0.39, 0.29) is 5.69 Å². The zero-order valence-electron chi connectivity index (χ0n) is 13.9. The smallest absolute Gasteiger partial charge is 0.269 e. The number of nitrogens with one attached hydrogen (secondary N) is 1. The van der Waals surface area contributed by atoms with Crippen LogP contribution in [0.25, 0.3) is 5.70 Å². The van der Waals surface area contributed by atoms with Gasteiger partial charge in [0.05, 0.1) is 32.1 Å². The second-order valence-electron chi connectivity index (χ2n) is 5.32. The molecule has 3 rings (SSSR count). The summed E-state index contributed by atoms with van der Waals surface area (Å²) in [5.41, 5.74) is 3.91. The molecule has 0 saturated carbocycles. The summed E-state index contributed by atoms with van der Waals surface area (Å²) < 4.78 is 32.7. The molecule has 0 bridgehead atoms. The Morgan fingerprint density at radius 2 is 1.59 bits per heavy atom. The third-order valence-corrected chi connectivity index (χ3v) is 3.45. The highest BCUT2D eigenvalue weighted by molar-refractivity contribution is 6.12. The predicted molar refractivity (Wildman–Crippen MR) is 89.1 cm³/mol. The van der Waals surface area contributed by atoms with E-state index >= 15 is 0 Å². The molecule has 2 N–H and O–H groups in total. The largest absolute Gasteiger partial charge is 0.383 e. The highest BCUT2D eigenvalue weighted by Gasteiger charge is 2.10. The SMILES string of the molecule is O=[N+]([O-])c1ccc(C2=CC(c3ccccc3)=NCCN2)cc1.[O-][Cl+3]([O-])([O-])O. The Morgan fingerprint density at radius 1 is 1.00 bits per heavy atom. The molecular weight excluding hydrogens is 378 g/mol. The molecule has 0 radical (unpaired) electrons. The number of rotatable bonds is 3. The summed E-state index contributed by atoms with van der Waals surface area (Å²) in [7, 11) is -4.69. The van der Waals surface area contributed by atoms with E-state index in [0.717, 1.165) is 29.1 Å². The van der Waals surface area contributed by atoms with Crippen molar-refractivity contribution in [2.75, 3.05) is 13.1 Å². The van der Waals surface area contributed by atoms with Crippen LogP contribution in [0.15, 0.2) is 65.7 Å². The first kappa shape index (κ1) is 20.5. The maximum Gasteiger partial charge on any atom is 0.269 e. The van der Waals surface area contributed by atoms with E-state index in [2.05, 4.69) is 10.3 Å². The van der Waals surface area contributed by atoms with Crippen LogP contribution in [-0.4, -0.2) is 28.4 Å². The standard InChI is InChI=1S/C17H15N3O2.ClHO4/c21-20(22)15-8-6-14(7-9-15)17-12-16(18-10-11-19-17)13-4-2-1-3-5-13;2-1(3,4)5/h1-9,12,19H,10-11H2;(H,2,3,4,5). The summed E-state index contributed by atoms with van der Waals surface area (Å²) in [6, 6.07) is 16.5. The number of halogens is 1. The van der Waals surface area contributed by atoms with Crippen LogP contribution >= 0.6 is 0 Å². The number of benzene rings is 2. The lowest BCUT2D eigenvalue weighted by atomic mass is 10.1. The molecule has 27 heavy (non-hydrogen) atoms. The Balaban J connectivity index is 0.000000465. The molecule has 0 unspecified atom stereocenters. The first-order valence-corrected chi connectivity index (χ1v) is 8.94. The van der Waals surface area contributed by atoms with E-state index < -0.39 is 15.2 Å². The van der Waals surface area contributed by atoms with Crippen LogP contribution in [0.5, 0.6) is 0 Å². The highest BCUT2D eigenvalue weighted by atomic mass is 35.7. The number of nitrogens with zero attached hydrogens (tertiary/aromatic N) is 2. The number of nitro groups is 1. The Morgan fingerprint density at radius 3 is 2.15 bits per heavy atom. The predicted octanol–water partition coefficient (Wildman–Crippen LogP) is -1.10. The molecule has 0 atom stereocenters. The second kappa shape index (κ2) is 9.21. The molecule has 1 aliphatic rings. The lowest BCUT2D eigenvalue weighted by Crippen LogP contribution is -2.58. The average molecular weight is 394 g/mol. The van der Waals surface area contributed by atoms with E-state index in [9.17, 15) is 10.1 Å². The zero-order chi connectivity index (χ0) is 19.9. The van der Waals surface area contributed by atoms with Gasteiger partial charge in [-0.25, -0.2) is 0 Å². The topological polar surface area (TPSA) is 157 Å². The molecule has 0 saturated heterocycles. The van der Waals surface area contributed by atoms with Crippen molar-refractivity contribution < 1.29 is 33.8 Å². The minimum absolute atomic E-state index is 0.0925. The van der Waals surface area contributed by atoms with Crippen molar-refractivity contribution >= 4 is 17.1 Å². The molecule has 2 aromatic rings. The molecule has 0 amide bonds. The second-order valence-corrected chi connectivity index (χ2v) is 6.11. The van der Waals surface area contributed by atoms with Crippen LogP contribution in [0.1, 0.15) is 11.1 Å². The fourth-order valence-corrected chi connectivity index (χ4v) is 2.33. The van der Waals surface area contributed by atoms with Crippen LogP contribution in [0.2, 0.25) is 0 Å². The summed E-state index contributed by atoms with van der Waals surface area (Å²) in [5.74, 6) is 0. The van der Waals surface area contributed by atoms with Gasteiger partial charge >= 0.3 is 0 Å². The van der Waals surface area contributed by atoms with Crippen LogP contribution < -0.4 is 19.3 Å². The summed E-state index contributed by atoms with van der Waals surface area (Å²) in [6.45, 7) is 1.43. The van der Waals surface area contributed by atoms with Crippen molar-refractivity contribution in [3.8, 4) is 0 Å². The quantitative estimate of drug-likeness (QED) is 0.495. The Kier molecular flexibility index (Phi) is 6.99. The zero-order valence-corrected chi connectivity index (χ0v) is 14.7. The van der Waals surface area contributed by atoms with Crippen molar-refractivity contribution in [3.05, 3.63) is 81.9 Å². The van der Waals surface area contributed by atoms with Gasteiger partial charge in [-0.05, 0) is 29.3 Å². The molecule has 1 aliphatic heterocycles. The van der Waals surface area contributed by atoms with Crippen LogP contribution in [-0.2, 0) is 0 Å². The molecule has 0 aromatic heterocycles. The van der Waals surface area contributed by atoms with Crippen molar-refractivity contribution in [1.82, 2.24) is 5.32 Å². The lowest BCUT2D eigenvalue weighted by Gasteiger charge is -2.08. The van der Waals surface area contributed by atoms with Gasteiger partial charge in [-0.15, -0.1) is 0 Å². The average Bonchev–Trinajstić information content (AvgIpc) is 2.87. The van der Waals surface area contributed by atoms with Crippen molar-refractivity contribution in [2.45, 2.75) is 0 Å². The monoisotopic (exact) mass is 393 g/mol. The maximum absolute atomic E-state index is 10.7. The van der Waals surface area contributed by atoms with Crippen molar-refractivity contribution in [3.63, 3.8) is 0 Å². The summed E-state index contributed by atoms with van der Waals surface area (Å²) in [4.78, 5) is 14.9. The molecule has 0 aliphatic carbocycles. The van der Waals surface area contributed by atoms with E-state index in [4.69, 9.17) is 18.6 Å². The number of aliphatic imine (C=N–C) groups is 1. The van der Waals surface area contributed by atoms with E-state index in [0.29, 0.717) is 6.54 Å². The Bertz CT molecular complexity index is 826. The number of nitro benzene ring substituents is 1. The molecular formula is C17H16ClN3O6. The van der Waals surface area contributed by atoms with Gasteiger partial charge in [0.1, 0.15) is 0 Å². The molecule has 0 fully saturated rings. The normalized spacial score (nSPS) is 13.9. The first-order valence-electron chi connectivity index (χ1n) is 7.67. The number of non-ortho nitro benzene ring substituents is 1. The summed E-state index contributed by atoms with van der Waals surface area (Å²) >= 11 is 0. The fourth-order valence-electron chi connectivity index (χ4n) is 2.33. The number of hydrogen-bond acceptors (Lipinski definition) is 8.